The van der Waals surface area contributed by atoms with Crippen LogP contribution in [0.5, 0.6) is 0 Å². The number of nitrogens with one attached hydrogen (secondary N) is 1. The second-order valence-electron chi connectivity index (χ2n) is 7.86. The van der Waals surface area contributed by atoms with Crippen LogP contribution >= 0.6 is 24.0 Å². The Balaban J connectivity index is 0.00000225. The summed E-state index contributed by atoms with van der Waals surface area (Å²) < 4.78 is 1.90. The molecule has 28 heavy (non-hydrogen) atoms. The van der Waals surface area contributed by atoms with E-state index >= 15 is 0 Å². The summed E-state index contributed by atoms with van der Waals surface area (Å²) in [4.78, 5) is 7.49. The van der Waals surface area contributed by atoms with Gasteiger partial charge in [0.2, 0.25) is 0 Å². The van der Waals surface area contributed by atoms with Gasteiger partial charge in [0.1, 0.15) is 0 Å². The first-order chi connectivity index (χ1) is 13.2. The van der Waals surface area contributed by atoms with Gasteiger partial charge in [0.25, 0.3) is 0 Å². The van der Waals surface area contributed by atoms with Gasteiger partial charge in [0.15, 0.2) is 5.96 Å². The molecule has 2 unspecified atom stereocenters. The van der Waals surface area contributed by atoms with Crippen LogP contribution in [0.15, 0.2) is 41.7 Å². The smallest absolute Gasteiger partial charge is 0.193 e. The van der Waals surface area contributed by atoms with Gasteiger partial charge in [-0.15, -0.1) is 24.0 Å². The molecule has 1 aromatic heterocycles. The van der Waals surface area contributed by atoms with Crippen molar-refractivity contribution in [3.63, 3.8) is 0 Å². The highest BCUT2D eigenvalue weighted by molar-refractivity contribution is 14.0. The Morgan fingerprint density at radius 2 is 2.14 bits per heavy atom. The highest BCUT2D eigenvalue weighted by Gasteiger charge is 2.27. The molecule has 2 aromatic rings. The van der Waals surface area contributed by atoms with E-state index in [1.165, 1.54) is 42.4 Å². The van der Waals surface area contributed by atoms with Gasteiger partial charge in [-0.1, -0.05) is 24.3 Å². The van der Waals surface area contributed by atoms with E-state index in [4.69, 9.17) is 4.99 Å². The minimum atomic E-state index is 0. The molecule has 1 N–H and O–H groups in total. The lowest BCUT2D eigenvalue weighted by Gasteiger charge is -2.26. The number of likely N-dealkylation sites (tertiary alicyclic amines) is 1. The summed E-state index contributed by atoms with van der Waals surface area (Å²) in [5.74, 6) is 2.19. The van der Waals surface area contributed by atoms with Crippen molar-refractivity contribution in [3.8, 4) is 0 Å². The van der Waals surface area contributed by atoms with Crippen molar-refractivity contribution in [1.82, 2.24) is 20.0 Å². The van der Waals surface area contributed by atoms with E-state index in [2.05, 4.69) is 52.7 Å². The predicted octanol–water partition coefficient (Wildman–Crippen LogP) is 3.91. The zero-order valence-electron chi connectivity index (χ0n) is 17.0. The summed E-state index contributed by atoms with van der Waals surface area (Å²) in [5.41, 5.74) is 4.38. The molecule has 1 fully saturated rings. The van der Waals surface area contributed by atoms with Crippen LogP contribution in [0.3, 0.4) is 0 Å². The average Bonchev–Trinajstić information content (AvgIpc) is 3.34. The predicted molar refractivity (Wildman–Crippen MR) is 126 cm³/mol. The molecule has 1 aliphatic carbocycles. The van der Waals surface area contributed by atoms with Crippen molar-refractivity contribution in [2.45, 2.75) is 44.4 Å². The fourth-order valence-corrected chi connectivity index (χ4v) is 4.54. The minimum Gasteiger partial charge on any atom is -0.357 e. The Labute approximate surface area is 185 Å². The van der Waals surface area contributed by atoms with E-state index in [-0.39, 0.29) is 24.0 Å². The summed E-state index contributed by atoms with van der Waals surface area (Å²) in [6, 6.07) is 8.92. The van der Waals surface area contributed by atoms with E-state index in [9.17, 15) is 0 Å². The second kappa shape index (κ2) is 9.76. The number of halogens is 1. The quantitative estimate of drug-likeness (QED) is 0.399. The molecule has 0 spiro atoms. The van der Waals surface area contributed by atoms with E-state index < -0.39 is 0 Å². The molecule has 1 aliphatic heterocycles. The number of rotatable bonds is 4. The monoisotopic (exact) mass is 493 g/mol. The van der Waals surface area contributed by atoms with Crippen molar-refractivity contribution in [2.75, 3.05) is 26.2 Å². The SMILES string of the molecule is CCNC(=NCC1CCCc2ccccc21)N1CCC(c2cnn(C)c2)C1.I. The Hall–Kier alpha value is -1.57. The molecule has 2 heterocycles. The molecule has 1 aromatic carbocycles. The van der Waals surface area contributed by atoms with Gasteiger partial charge in [0.05, 0.1) is 6.20 Å². The molecule has 1 saturated heterocycles. The first kappa shape index (κ1) is 21.1. The zero-order chi connectivity index (χ0) is 18.6. The third-order valence-electron chi connectivity index (χ3n) is 5.97. The molecular formula is C22H32IN5. The van der Waals surface area contributed by atoms with E-state index in [1.807, 2.05) is 17.9 Å². The Bertz CT molecular complexity index is 800. The molecule has 152 valence electrons. The fourth-order valence-electron chi connectivity index (χ4n) is 4.54. The maximum absolute atomic E-state index is 5.06. The van der Waals surface area contributed by atoms with E-state index in [0.29, 0.717) is 11.8 Å². The summed E-state index contributed by atoms with van der Waals surface area (Å²) in [6.07, 6.45) is 9.07. The minimum absolute atomic E-state index is 0. The lowest BCUT2D eigenvalue weighted by molar-refractivity contribution is 0.480. The van der Waals surface area contributed by atoms with Crippen molar-refractivity contribution in [1.29, 1.82) is 0 Å². The van der Waals surface area contributed by atoms with Gasteiger partial charge >= 0.3 is 0 Å². The maximum Gasteiger partial charge on any atom is 0.193 e. The summed E-state index contributed by atoms with van der Waals surface area (Å²) in [5, 5.41) is 7.86. The Morgan fingerprint density at radius 1 is 1.29 bits per heavy atom. The van der Waals surface area contributed by atoms with Crippen LogP contribution in [0.25, 0.3) is 0 Å². The number of fused-ring (bicyclic) bond motifs is 1. The topological polar surface area (TPSA) is 45.5 Å². The lowest BCUT2D eigenvalue weighted by Crippen LogP contribution is -2.40. The van der Waals surface area contributed by atoms with Gasteiger partial charge in [-0.2, -0.15) is 5.10 Å². The van der Waals surface area contributed by atoms with E-state index in [1.54, 1.807) is 0 Å². The van der Waals surface area contributed by atoms with Gasteiger partial charge in [-0.3, -0.25) is 9.67 Å². The number of aryl methyl sites for hydroxylation is 2. The van der Waals surface area contributed by atoms with Gasteiger partial charge in [-0.05, 0) is 49.3 Å². The average molecular weight is 493 g/mol. The third-order valence-corrected chi connectivity index (χ3v) is 5.97. The summed E-state index contributed by atoms with van der Waals surface area (Å²) >= 11 is 0. The van der Waals surface area contributed by atoms with Crippen molar-refractivity contribution >= 4 is 29.9 Å². The molecule has 2 atom stereocenters. The Kier molecular flexibility index (Phi) is 7.37. The lowest BCUT2D eigenvalue weighted by atomic mass is 9.83. The van der Waals surface area contributed by atoms with Crippen LogP contribution in [0.1, 0.15) is 54.7 Å². The van der Waals surface area contributed by atoms with Crippen molar-refractivity contribution in [2.24, 2.45) is 12.0 Å². The zero-order valence-corrected chi connectivity index (χ0v) is 19.3. The highest BCUT2D eigenvalue weighted by atomic mass is 127. The number of hydrogen-bond donors (Lipinski definition) is 1. The van der Waals surface area contributed by atoms with Gasteiger partial charge in [-0.25, -0.2) is 0 Å². The fraction of sp³-hybridized carbons (Fsp3) is 0.545. The first-order valence-corrected chi connectivity index (χ1v) is 10.3. The number of hydrogen-bond acceptors (Lipinski definition) is 2. The van der Waals surface area contributed by atoms with E-state index in [0.717, 1.165) is 32.1 Å². The normalized spacial score (nSPS) is 21.9. The second-order valence-corrected chi connectivity index (χ2v) is 7.86. The summed E-state index contributed by atoms with van der Waals surface area (Å²) in [6.45, 7) is 6.03. The van der Waals surface area contributed by atoms with Crippen molar-refractivity contribution in [3.05, 3.63) is 53.3 Å². The molecule has 4 rings (SSSR count). The van der Waals surface area contributed by atoms with Crippen LogP contribution in [0.4, 0.5) is 0 Å². The number of nitrogens with zero attached hydrogens (tertiary/aromatic N) is 4. The maximum atomic E-state index is 5.06. The molecular weight excluding hydrogens is 461 g/mol. The number of guanidine groups is 1. The van der Waals surface area contributed by atoms with Gasteiger partial charge < -0.3 is 10.2 Å². The number of aliphatic imine (C=N–C) groups is 1. The van der Waals surface area contributed by atoms with Crippen LogP contribution in [0, 0.1) is 0 Å². The molecule has 6 heteroatoms. The van der Waals surface area contributed by atoms with Gasteiger partial charge in [0, 0.05) is 51.3 Å². The first-order valence-electron chi connectivity index (χ1n) is 10.3. The molecule has 5 nitrogen and oxygen atoms in total. The van der Waals surface area contributed by atoms with Crippen LogP contribution in [-0.2, 0) is 13.5 Å². The standard InChI is InChI=1S/C22H31N5.HI/c1-3-23-22(27-12-11-19(16-27)20-14-25-26(2)15-20)24-13-18-9-6-8-17-7-4-5-10-21(17)18;/h4-5,7,10,14-15,18-19H,3,6,8-9,11-13,16H2,1-2H3,(H,23,24);1H. The van der Waals surface area contributed by atoms with Crippen LogP contribution in [-0.4, -0.2) is 46.8 Å². The summed E-state index contributed by atoms with van der Waals surface area (Å²) in [7, 11) is 1.99. The molecule has 0 amide bonds. The molecule has 0 saturated carbocycles. The molecule has 0 radical (unpaired) electrons. The largest absolute Gasteiger partial charge is 0.357 e. The Morgan fingerprint density at radius 3 is 2.93 bits per heavy atom. The molecule has 0 bridgehead atoms. The van der Waals surface area contributed by atoms with Crippen molar-refractivity contribution < 1.29 is 0 Å². The third kappa shape index (κ3) is 4.70. The van der Waals surface area contributed by atoms with Crippen LogP contribution < -0.4 is 5.32 Å². The highest BCUT2D eigenvalue weighted by Crippen LogP contribution is 2.32. The number of benzene rings is 1. The van der Waals surface area contributed by atoms with Crippen LogP contribution in [0.2, 0.25) is 0 Å². The number of aromatic nitrogens is 2. The molecule has 2 aliphatic rings.